The van der Waals surface area contributed by atoms with Crippen LogP contribution in [-0.4, -0.2) is 57.2 Å². The molecule has 142 valence electrons. The number of nitrogens with zero attached hydrogens (tertiary/aromatic N) is 2. The number of amides is 1. The molecular weight excluding hydrogens is 366 g/mol. The molecule has 27 heavy (non-hydrogen) atoms. The SMILES string of the molecule is CN1CCN(c2ccc(NC(=O)c3ccc4c(c3)OCCO4)cc2Cl)CC1. The maximum Gasteiger partial charge on any atom is 0.255 e. The summed E-state index contributed by atoms with van der Waals surface area (Å²) >= 11 is 6.48. The molecule has 1 saturated heterocycles. The molecule has 0 bridgehead atoms. The van der Waals surface area contributed by atoms with Crippen LogP contribution in [0.5, 0.6) is 11.5 Å². The lowest BCUT2D eigenvalue weighted by Crippen LogP contribution is -2.44. The largest absolute Gasteiger partial charge is 0.486 e. The molecule has 0 atom stereocenters. The van der Waals surface area contributed by atoms with Gasteiger partial charge in [0.05, 0.1) is 10.7 Å². The van der Waals surface area contributed by atoms with E-state index in [9.17, 15) is 4.79 Å². The van der Waals surface area contributed by atoms with Crippen molar-refractivity contribution in [2.24, 2.45) is 0 Å². The summed E-state index contributed by atoms with van der Waals surface area (Å²) in [5.74, 6) is 1.05. The molecule has 2 aliphatic heterocycles. The standard InChI is InChI=1S/C20H22ClN3O3/c1-23-6-8-24(9-7-23)17-4-3-15(13-16(17)21)22-20(25)14-2-5-18-19(12-14)27-11-10-26-18/h2-5,12-13H,6-11H2,1H3,(H,22,25). The van der Waals surface area contributed by atoms with Crippen LogP contribution in [0.2, 0.25) is 5.02 Å². The van der Waals surface area contributed by atoms with Crippen LogP contribution < -0.4 is 19.7 Å². The summed E-state index contributed by atoms with van der Waals surface area (Å²) < 4.78 is 11.0. The first-order chi connectivity index (χ1) is 13.1. The molecule has 0 spiro atoms. The predicted molar refractivity (Wildman–Crippen MR) is 107 cm³/mol. The topological polar surface area (TPSA) is 54.0 Å². The summed E-state index contributed by atoms with van der Waals surface area (Å²) in [5.41, 5.74) is 2.18. The van der Waals surface area contributed by atoms with E-state index in [1.165, 1.54) is 0 Å². The minimum Gasteiger partial charge on any atom is -0.486 e. The molecule has 6 nitrogen and oxygen atoms in total. The third-order valence-corrected chi connectivity index (χ3v) is 5.16. The molecule has 1 amide bonds. The molecule has 0 radical (unpaired) electrons. The average Bonchev–Trinajstić information content (AvgIpc) is 2.68. The minimum atomic E-state index is -0.213. The third-order valence-electron chi connectivity index (χ3n) is 4.85. The van der Waals surface area contributed by atoms with Gasteiger partial charge < -0.3 is 24.6 Å². The van der Waals surface area contributed by atoms with E-state index in [1.807, 2.05) is 12.1 Å². The summed E-state index contributed by atoms with van der Waals surface area (Å²) in [6.07, 6.45) is 0. The highest BCUT2D eigenvalue weighted by Gasteiger charge is 2.18. The van der Waals surface area contributed by atoms with Gasteiger partial charge in [-0.25, -0.2) is 0 Å². The van der Waals surface area contributed by atoms with Gasteiger partial charge in [-0.2, -0.15) is 0 Å². The Balaban J connectivity index is 1.46. The Labute approximate surface area is 163 Å². The van der Waals surface area contributed by atoms with Crippen LogP contribution in [0, 0.1) is 0 Å². The quantitative estimate of drug-likeness (QED) is 0.877. The van der Waals surface area contributed by atoms with Crippen molar-refractivity contribution < 1.29 is 14.3 Å². The molecule has 0 saturated carbocycles. The number of anilines is 2. The molecule has 0 unspecified atom stereocenters. The molecule has 1 N–H and O–H groups in total. The maximum absolute atomic E-state index is 12.6. The van der Waals surface area contributed by atoms with Crippen molar-refractivity contribution in [1.29, 1.82) is 0 Å². The van der Waals surface area contributed by atoms with Gasteiger partial charge in [-0.3, -0.25) is 4.79 Å². The number of nitrogens with one attached hydrogen (secondary N) is 1. The van der Waals surface area contributed by atoms with Crippen LogP contribution in [-0.2, 0) is 0 Å². The van der Waals surface area contributed by atoms with Crippen molar-refractivity contribution in [3.8, 4) is 11.5 Å². The number of likely N-dealkylation sites (N-methyl/N-ethyl adjacent to an activating group) is 1. The second kappa shape index (κ2) is 7.66. The summed E-state index contributed by atoms with van der Waals surface area (Å²) in [6.45, 7) is 4.92. The highest BCUT2D eigenvalue weighted by atomic mass is 35.5. The monoisotopic (exact) mass is 387 g/mol. The van der Waals surface area contributed by atoms with E-state index < -0.39 is 0 Å². The number of halogens is 1. The van der Waals surface area contributed by atoms with Crippen molar-refractivity contribution in [2.45, 2.75) is 0 Å². The number of rotatable bonds is 3. The fourth-order valence-electron chi connectivity index (χ4n) is 3.28. The molecule has 2 aromatic rings. The van der Waals surface area contributed by atoms with Gasteiger partial charge in [0.2, 0.25) is 0 Å². The number of benzene rings is 2. The fourth-order valence-corrected chi connectivity index (χ4v) is 3.58. The van der Waals surface area contributed by atoms with Gasteiger partial charge >= 0.3 is 0 Å². The highest BCUT2D eigenvalue weighted by Crippen LogP contribution is 2.32. The smallest absolute Gasteiger partial charge is 0.255 e. The first-order valence-electron chi connectivity index (χ1n) is 9.04. The summed E-state index contributed by atoms with van der Waals surface area (Å²) in [7, 11) is 2.12. The van der Waals surface area contributed by atoms with E-state index in [-0.39, 0.29) is 5.91 Å². The van der Waals surface area contributed by atoms with Crippen LogP contribution in [0.25, 0.3) is 0 Å². The summed E-state index contributed by atoms with van der Waals surface area (Å²) in [4.78, 5) is 17.1. The molecule has 0 aliphatic carbocycles. The lowest BCUT2D eigenvalue weighted by atomic mass is 10.1. The number of hydrogen-bond donors (Lipinski definition) is 1. The zero-order chi connectivity index (χ0) is 18.8. The number of fused-ring (bicyclic) bond motifs is 1. The molecule has 1 fully saturated rings. The van der Waals surface area contributed by atoms with Crippen LogP contribution in [0.4, 0.5) is 11.4 Å². The molecule has 0 aromatic heterocycles. The van der Waals surface area contributed by atoms with Crippen LogP contribution >= 0.6 is 11.6 Å². The van der Waals surface area contributed by atoms with E-state index in [2.05, 4.69) is 22.2 Å². The zero-order valence-corrected chi connectivity index (χ0v) is 16.0. The van der Waals surface area contributed by atoms with E-state index >= 15 is 0 Å². The maximum atomic E-state index is 12.6. The third kappa shape index (κ3) is 3.96. The summed E-state index contributed by atoms with van der Waals surface area (Å²) in [5, 5.41) is 3.54. The van der Waals surface area contributed by atoms with Crippen LogP contribution in [0.15, 0.2) is 36.4 Å². The minimum absolute atomic E-state index is 0.213. The Morgan fingerprint density at radius 3 is 2.48 bits per heavy atom. The van der Waals surface area contributed by atoms with Gasteiger partial charge in [0.25, 0.3) is 5.91 Å². The molecule has 4 rings (SSSR count). The van der Waals surface area contributed by atoms with Crippen molar-refractivity contribution in [3.05, 3.63) is 47.0 Å². The van der Waals surface area contributed by atoms with Crippen LogP contribution in [0.3, 0.4) is 0 Å². The van der Waals surface area contributed by atoms with E-state index in [0.717, 1.165) is 31.9 Å². The second-order valence-corrected chi connectivity index (χ2v) is 7.18. The second-order valence-electron chi connectivity index (χ2n) is 6.77. The molecule has 2 heterocycles. The lowest BCUT2D eigenvalue weighted by molar-refractivity contribution is 0.102. The number of ether oxygens (including phenoxy) is 2. The van der Waals surface area contributed by atoms with E-state index in [0.29, 0.717) is 41.0 Å². The first-order valence-corrected chi connectivity index (χ1v) is 9.42. The van der Waals surface area contributed by atoms with Gasteiger partial charge in [-0.1, -0.05) is 11.6 Å². The number of carbonyl (C=O) groups excluding carboxylic acids is 1. The Morgan fingerprint density at radius 1 is 1.00 bits per heavy atom. The van der Waals surface area contributed by atoms with Crippen molar-refractivity contribution in [1.82, 2.24) is 4.90 Å². The van der Waals surface area contributed by atoms with Crippen LogP contribution in [0.1, 0.15) is 10.4 Å². The fraction of sp³-hybridized carbons (Fsp3) is 0.350. The lowest BCUT2D eigenvalue weighted by Gasteiger charge is -2.34. The van der Waals surface area contributed by atoms with Crippen molar-refractivity contribution in [3.63, 3.8) is 0 Å². The Bertz CT molecular complexity index is 850. The van der Waals surface area contributed by atoms with Crippen molar-refractivity contribution >= 4 is 28.9 Å². The number of hydrogen-bond acceptors (Lipinski definition) is 5. The van der Waals surface area contributed by atoms with Gasteiger partial charge in [-0.15, -0.1) is 0 Å². The number of carbonyl (C=O) groups is 1. The Hall–Kier alpha value is -2.44. The molecule has 2 aliphatic rings. The predicted octanol–water partition coefficient (Wildman–Crippen LogP) is 3.12. The van der Waals surface area contributed by atoms with Gasteiger partial charge in [0.15, 0.2) is 11.5 Å². The zero-order valence-electron chi connectivity index (χ0n) is 15.2. The average molecular weight is 388 g/mol. The molecule has 7 heteroatoms. The Kier molecular flexibility index (Phi) is 5.09. The normalized spacial score (nSPS) is 16.9. The number of piperazine rings is 1. The van der Waals surface area contributed by atoms with E-state index in [1.54, 1.807) is 24.3 Å². The highest BCUT2D eigenvalue weighted by molar-refractivity contribution is 6.33. The summed E-state index contributed by atoms with van der Waals surface area (Å²) in [6, 6.07) is 10.8. The molecular formula is C20H22ClN3O3. The van der Waals surface area contributed by atoms with E-state index in [4.69, 9.17) is 21.1 Å². The molecule has 2 aromatic carbocycles. The van der Waals surface area contributed by atoms with Gasteiger partial charge in [0.1, 0.15) is 13.2 Å². The van der Waals surface area contributed by atoms with Crippen molar-refractivity contribution in [2.75, 3.05) is 56.7 Å². The Morgan fingerprint density at radius 2 is 1.74 bits per heavy atom. The first kappa shape index (κ1) is 17.9. The van der Waals surface area contributed by atoms with Gasteiger partial charge in [0, 0.05) is 37.4 Å². The van der Waals surface area contributed by atoms with Gasteiger partial charge in [-0.05, 0) is 43.4 Å².